The third-order valence-electron chi connectivity index (χ3n) is 3.31. The number of rotatable bonds is 6. The van der Waals surface area contributed by atoms with Crippen LogP contribution in [-0.2, 0) is 23.7 Å². The van der Waals surface area contributed by atoms with E-state index >= 15 is 0 Å². The summed E-state index contributed by atoms with van der Waals surface area (Å²) in [7, 11) is 0. The van der Waals surface area contributed by atoms with Crippen LogP contribution in [0.15, 0.2) is 0 Å². The number of epoxide rings is 1. The summed E-state index contributed by atoms with van der Waals surface area (Å²) in [5.41, 5.74) is -1.31. The summed E-state index contributed by atoms with van der Waals surface area (Å²) in [4.78, 5) is 11.3. The molecule has 0 bridgehead atoms. The molecule has 0 aromatic rings. The highest BCUT2D eigenvalue weighted by atomic mass is 16.8. The molecule has 0 aliphatic carbocycles. The van der Waals surface area contributed by atoms with Crippen molar-refractivity contribution in [3.05, 3.63) is 0 Å². The first kappa shape index (κ1) is 12.8. The van der Waals surface area contributed by atoms with E-state index in [-0.39, 0.29) is 18.7 Å². The zero-order valence-corrected chi connectivity index (χ0v) is 10.8. The van der Waals surface area contributed by atoms with Gasteiger partial charge in [0.2, 0.25) is 0 Å². The van der Waals surface area contributed by atoms with Gasteiger partial charge < -0.3 is 18.9 Å². The molecule has 2 aliphatic rings. The first-order valence-electron chi connectivity index (χ1n) is 6.04. The summed E-state index contributed by atoms with van der Waals surface area (Å²) in [6.45, 7) is 8.53. The minimum absolute atomic E-state index is 0.0701. The summed E-state index contributed by atoms with van der Waals surface area (Å²) in [6, 6.07) is 0. The van der Waals surface area contributed by atoms with Crippen molar-refractivity contribution in [3.63, 3.8) is 0 Å². The molecule has 0 spiro atoms. The first-order valence-corrected chi connectivity index (χ1v) is 6.04. The highest BCUT2D eigenvalue weighted by Gasteiger charge is 2.56. The smallest absolute Gasteiger partial charge is 0.341 e. The van der Waals surface area contributed by atoms with E-state index in [1.165, 1.54) is 0 Å². The Morgan fingerprint density at radius 2 is 2.06 bits per heavy atom. The van der Waals surface area contributed by atoms with Crippen LogP contribution in [0.4, 0.5) is 0 Å². The quantitative estimate of drug-likeness (QED) is 0.400. The van der Waals surface area contributed by atoms with E-state index in [1.54, 1.807) is 6.92 Å². The molecule has 0 saturated carbocycles. The Bertz CT molecular complexity index is 312. The third-order valence-corrected chi connectivity index (χ3v) is 3.31. The number of ether oxygens (including phenoxy) is 4. The maximum atomic E-state index is 11.3. The summed E-state index contributed by atoms with van der Waals surface area (Å²) < 4.78 is 21.7. The van der Waals surface area contributed by atoms with Crippen molar-refractivity contribution in [1.29, 1.82) is 0 Å². The lowest BCUT2D eigenvalue weighted by Crippen LogP contribution is -2.58. The highest BCUT2D eigenvalue weighted by molar-refractivity contribution is 5.84. The molecule has 2 aliphatic heterocycles. The van der Waals surface area contributed by atoms with Crippen molar-refractivity contribution in [3.8, 4) is 0 Å². The predicted octanol–water partition coefficient (Wildman–Crippen LogP) is 1.25. The van der Waals surface area contributed by atoms with E-state index in [0.29, 0.717) is 6.61 Å². The van der Waals surface area contributed by atoms with Gasteiger partial charge in [0.25, 0.3) is 0 Å². The lowest BCUT2D eigenvalue weighted by atomic mass is 10.0. The van der Waals surface area contributed by atoms with E-state index in [0.717, 1.165) is 6.42 Å². The van der Waals surface area contributed by atoms with E-state index < -0.39 is 17.5 Å². The summed E-state index contributed by atoms with van der Waals surface area (Å²) in [5.74, 6) is -0.334. The molecule has 98 valence electrons. The van der Waals surface area contributed by atoms with Gasteiger partial charge in [0.15, 0.2) is 11.9 Å². The van der Waals surface area contributed by atoms with Gasteiger partial charge in [0, 0.05) is 0 Å². The number of esters is 1. The summed E-state index contributed by atoms with van der Waals surface area (Å²) >= 11 is 0. The molecule has 2 rings (SSSR count). The highest BCUT2D eigenvalue weighted by Crippen LogP contribution is 2.37. The largest absolute Gasteiger partial charge is 0.460 e. The molecule has 4 atom stereocenters. The van der Waals surface area contributed by atoms with Crippen molar-refractivity contribution in [1.82, 2.24) is 0 Å². The van der Waals surface area contributed by atoms with Gasteiger partial charge in [0.1, 0.15) is 12.2 Å². The van der Waals surface area contributed by atoms with Crippen LogP contribution in [0.5, 0.6) is 0 Å². The molecule has 2 saturated heterocycles. The Labute approximate surface area is 101 Å². The average molecular weight is 244 g/mol. The molecular weight excluding hydrogens is 224 g/mol. The van der Waals surface area contributed by atoms with Crippen molar-refractivity contribution >= 4 is 5.97 Å². The standard InChI is InChI=1S/C12H20O5/c1-5-8(2)16-10(12(4)7-15-12)17-11(3)6-14-9(11)13/h8,10H,5-7H2,1-4H3. The van der Waals surface area contributed by atoms with Gasteiger partial charge in [-0.05, 0) is 27.2 Å². The average Bonchev–Trinajstić information content (AvgIpc) is 3.05. The van der Waals surface area contributed by atoms with Gasteiger partial charge in [-0.2, -0.15) is 0 Å². The molecule has 0 radical (unpaired) electrons. The van der Waals surface area contributed by atoms with Crippen LogP contribution in [0.25, 0.3) is 0 Å². The van der Waals surface area contributed by atoms with Crippen molar-refractivity contribution in [2.45, 2.75) is 57.7 Å². The second-order valence-electron chi connectivity index (χ2n) is 5.21. The van der Waals surface area contributed by atoms with Gasteiger partial charge in [-0.1, -0.05) is 6.92 Å². The number of hydrogen-bond acceptors (Lipinski definition) is 5. The van der Waals surface area contributed by atoms with Crippen LogP contribution in [-0.4, -0.2) is 42.8 Å². The maximum absolute atomic E-state index is 11.3. The van der Waals surface area contributed by atoms with E-state index in [2.05, 4.69) is 0 Å². The van der Waals surface area contributed by atoms with Crippen LogP contribution in [0.2, 0.25) is 0 Å². The molecule has 17 heavy (non-hydrogen) atoms. The molecule has 0 N–H and O–H groups in total. The second kappa shape index (κ2) is 4.23. The van der Waals surface area contributed by atoms with Crippen molar-refractivity contribution < 1.29 is 23.7 Å². The van der Waals surface area contributed by atoms with Crippen molar-refractivity contribution in [2.75, 3.05) is 13.2 Å². The third kappa shape index (κ3) is 2.46. The van der Waals surface area contributed by atoms with E-state index in [9.17, 15) is 4.79 Å². The SMILES string of the molecule is CCC(C)OC(OC1(C)COC1=O)C1(C)CO1. The number of cyclic esters (lactones) is 1. The number of carbonyl (C=O) groups is 1. The van der Waals surface area contributed by atoms with Gasteiger partial charge >= 0.3 is 5.97 Å². The fourth-order valence-corrected chi connectivity index (χ4v) is 1.51. The number of carbonyl (C=O) groups excluding carboxylic acids is 1. The fourth-order valence-electron chi connectivity index (χ4n) is 1.51. The molecule has 5 nitrogen and oxygen atoms in total. The van der Waals surface area contributed by atoms with Crippen LogP contribution in [0.1, 0.15) is 34.1 Å². The molecule has 2 heterocycles. The molecule has 0 aromatic heterocycles. The molecular formula is C12H20O5. The molecule has 4 unspecified atom stereocenters. The van der Waals surface area contributed by atoms with E-state index in [1.807, 2.05) is 20.8 Å². The Morgan fingerprint density at radius 1 is 1.41 bits per heavy atom. The Kier molecular flexibility index (Phi) is 3.18. The monoisotopic (exact) mass is 244 g/mol. The number of hydrogen-bond donors (Lipinski definition) is 0. The Morgan fingerprint density at radius 3 is 2.41 bits per heavy atom. The van der Waals surface area contributed by atoms with Gasteiger partial charge in [-0.3, -0.25) is 0 Å². The molecule has 5 heteroatoms. The predicted molar refractivity (Wildman–Crippen MR) is 59.4 cm³/mol. The van der Waals surface area contributed by atoms with Crippen molar-refractivity contribution in [2.24, 2.45) is 0 Å². The first-order chi connectivity index (χ1) is 7.89. The minimum Gasteiger partial charge on any atom is -0.460 e. The fraction of sp³-hybridized carbons (Fsp3) is 0.917. The lowest BCUT2D eigenvalue weighted by molar-refractivity contribution is -0.281. The Balaban J connectivity index is 1.99. The topological polar surface area (TPSA) is 57.3 Å². The Hall–Kier alpha value is -0.650. The van der Waals surface area contributed by atoms with Gasteiger partial charge in [0.05, 0.1) is 12.7 Å². The molecule has 0 amide bonds. The van der Waals surface area contributed by atoms with Crippen LogP contribution >= 0.6 is 0 Å². The van der Waals surface area contributed by atoms with E-state index in [4.69, 9.17) is 18.9 Å². The zero-order chi connectivity index (χ0) is 12.7. The lowest BCUT2D eigenvalue weighted by Gasteiger charge is -2.39. The van der Waals surface area contributed by atoms with Gasteiger partial charge in [-0.25, -0.2) is 4.79 Å². The van der Waals surface area contributed by atoms with Crippen LogP contribution in [0.3, 0.4) is 0 Å². The second-order valence-corrected chi connectivity index (χ2v) is 5.21. The zero-order valence-electron chi connectivity index (χ0n) is 10.8. The minimum atomic E-state index is -0.882. The van der Waals surface area contributed by atoms with Gasteiger partial charge in [-0.15, -0.1) is 0 Å². The van der Waals surface area contributed by atoms with Crippen LogP contribution < -0.4 is 0 Å². The normalized spacial score (nSPS) is 39.2. The summed E-state index contributed by atoms with van der Waals surface area (Å²) in [5, 5.41) is 0. The maximum Gasteiger partial charge on any atom is 0.341 e. The molecule has 2 fully saturated rings. The van der Waals surface area contributed by atoms with Crippen LogP contribution in [0, 0.1) is 0 Å². The molecule has 0 aromatic carbocycles. The summed E-state index contributed by atoms with van der Waals surface area (Å²) in [6.07, 6.45) is 0.438.